The van der Waals surface area contributed by atoms with Crippen LogP contribution in [0.4, 0.5) is 10.1 Å². The van der Waals surface area contributed by atoms with Crippen molar-refractivity contribution >= 4 is 28.7 Å². The van der Waals surface area contributed by atoms with E-state index in [4.69, 9.17) is 16.0 Å². The Morgan fingerprint density at radius 1 is 1.03 bits per heavy atom. The van der Waals surface area contributed by atoms with Gasteiger partial charge in [-0.15, -0.1) is 0 Å². The van der Waals surface area contributed by atoms with E-state index < -0.39 is 5.97 Å². The SMILES string of the molecule is CC/C(=C(/c1ccc(ONC/C=C/C(=O)NC)cc1)c1ccc(N)c(C(=N)F)c1)c1ccccc1. The number of hydrogen-bond acceptors (Lipinski definition) is 5. The van der Waals surface area contributed by atoms with E-state index in [1.807, 2.05) is 60.7 Å². The molecule has 1 amide bonds. The number of carbonyl (C=O) groups excluding carboxylic acids is 1. The Labute approximate surface area is 204 Å². The molecule has 0 bridgehead atoms. The number of hydrogen-bond donors (Lipinski definition) is 4. The van der Waals surface area contributed by atoms with Crippen LogP contribution < -0.4 is 21.4 Å². The second-order valence-corrected chi connectivity index (χ2v) is 7.68. The number of nitrogen functional groups attached to an aromatic ring is 1. The molecule has 3 aromatic carbocycles. The lowest BCUT2D eigenvalue weighted by atomic mass is 9.87. The van der Waals surface area contributed by atoms with Crippen molar-refractivity contribution in [3.63, 3.8) is 0 Å². The van der Waals surface area contributed by atoms with Crippen LogP contribution in [0.1, 0.15) is 35.6 Å². The Bertz CT molecular complexity index is 1240. The van der Waals surface area contributed by atoms with Crippen molar-refractivity contribution in [3.05, 3.63) is 107 Å². The summed E-state index contributed by atoms with van der Waals surface area (Å²) in [7, 11) is 1.56. The molecule has 0 aliphatic heterocycles. The first kappa shape index (κ1) is 25.4. The molecule has 0 aliphatic carbocycles. The molecular weight excluding hydrogens is 443 g/mol. The molecule has 35 heavy (non-hydrogen) atoms. The number of anilines is 1. The number of carbonyl (C=O) groups is 1. The fourth-order valence-corrected chi connectivity index (χ4v) is 3.69. The van der Waals surface area contributed by atoms with Crippen molar-refractivity contribution in [3.8, 4) is 5.75 Å². The summed E-state index contributed by atoms with van der Waals surface area (Å²) < 4.78 is 13.9. The number of nitrogens with two attached hydrogens (primary N) is 1. The molecule has 0 saturated carbocycles. The molecule has 0 aliphatic rings. The molecule has 0 spiro atoms. The molecule has 5 N–H and O–H groups in total. The summed E-state index contributed by atoms with van der Waals surface area (Å²) in [5.41, 5.74) is 13.7. The summed E-state index contributed by atoms with van der Waals surface area (Å²) in [5, 5.41) is 9.98. The van der Waals surface area contributed by atoms with E-state index in [1.165, 1.54) is 6.08 Å². The summed E-state index contributed by atoms with van der Waals surface area (Å²) in [4.78, 5) is 16.8. The first-order valence-corrected chi connectivity index (χ1v) is 11.3. The first-order chi connectivity index (χ1) is 16.9. The number of allylic oxidation sites excluding steroid dienone is 1. The Morgan fingerprint density at radius 2 is 1.71 bits per heavy atom. The zero-order valence-corrected chi connectivity index (χ0v) is 19.8. The molecule has 0 unspecified atom stereocenters. The van der Waals surface area contributed by atoms with E-state index in [0.29, 0.717) is 12.3 Å². The highest BCUT2D eigenvalue weighted by Crippen LogP contribution is 2.36. The molecule has 0 fully saturated rings. The van der Waals surface area contributed by atoms with Gasteiger partial charge in [-0.3, -0.25) is 10.2 Å². The van der Waals surface area contributed by atoms with Gasteiger partial charge < -0.3 is 15.9 Å². The molecule has 7 heteroatoms. The van der Waals surface area contributed by atoms with Crippen molar-refractivity contribution in [2.75, 3.05) is 19.3 Å². The first-order valence-electron chi connectivity index (χ1n) is 11.3. The Morgan fingerprint density at radius 3 is 2.34 bits per heavy atom. The summed E-state index contributed by atoms with van der Waals surface area (Å²) in [5.74, 6) is -0.654. The lowest BCUT2D eigenvalue weighted by Gasteiger charge is -2.18. The van der Waals surface area contributed by atoms with Crippen LogP contribution >= 0.6 is 0 Å². The van der Waals surface area contributed by atoms with Gasteiger partial charge in [0.15, 0.2) is 0 Å². The number of halogens is 1. The van der Waals surface area contributed by atoms with E-state index in [0.717, 1.165) is 34.3 Å². The van der Waals surface area contributed by atoms with Gasteiger partial charge in [-0.1, -0.05) is 61.5 Å². The van der Waals surface area contributed by atoms with Crippen LogP contribution in [0.5, 0.6) is 5.75 Å². The van der Waals surface area contributed by atoms with Crippen molar-refractivity contribution in [1.82, 2.24) is 10.8 Å². The topological polar surface area (TPSA) is 100 Å². The smallest absolute Gasteiger partial charge is 0.243 e. The van der Waals surface area contributed by atoms with Crippen LogP contribution in [0, 0.1) is 5.41 Å². The van der Waals surface area contributed by atoms with Gasteiger partial charge in [0.2, 0.25) is 11.9 Å². The van der Waals surface area contributed by atoms with Gasteiger partial charge in [0, 0.05) is 18.8 Å². The van der Waals surface area contributed by atoms with Gasteiger partial charge in [0.1, 0.15) is 5.75 Å². The average molecular weight is 473 g/mol. The summed E-state index contributed by atoms with van der Waals surface area (Å²) in [6.07, 6.45) is 3.82. The van der Waals surface area contributed by atoms with Gasteiger partial charge in [-0.05, 0) is 58.5 Å². The third-order valence-corrected chi connectivity index (χ3v) is 5.41. The van der Waals surface area contributed by atoms with Gasteiger partial charge in [0.25, 0.3) is 0 Å². The van der Waals surface area contributed by atoms with Crippen LogP contribution in [0.2, 0.25) is 0 Å². The minimum absolute atomic E-state index is 0.0671. The largest absolute Gasteiger partial charge is 0.408 e. The number of benzene rings is 3. The number of hydroxylamine groups is 1. The lowest BCUT2D eigenvalue weighted by Crippen LogP contribution is -2.19. The van der Waals surface area contributed by atoms with Gasteiger partial charge in [0.05, 0.1) is 12.1 Å². The third kappa shape index (κ3) is 6.65. The maximum absolute atomic E-state index is 13.9. The molecule has 180 valence electrons. The predicted octanol–water partition coefficient (Wildman–Crippen LogP) is 5.12. The Kier molecular flexibility index (Phi) is 8.92. The van der Waals surface area contributed by atoms with Crippen molar-refractivity contribution in [2.45, 2.75) is 13.3 Å². The van der Waals surface area contributed by atoms with E-state index in [-0.39, 0.29) is 17.2 Å². The summed E-state index contributed by atoms with van der Waals surface area (Å²) >= 11 is 0. The highest BCUT2D eigenvalue weighted by molar-refractivity contribution is 6.02. The van der Waals surface area contributed by atoms with E-state index in [2.05, 4.69) is 17.7 Å². The van der Waals surface area contributed by atoms with Crippen molar-refractivity contribution in [1.29, 1.82) is 5.41 Å². The molecule has 0 heterocycles. The normalized spacial score (nSPS) is 11.7. The van der Waals surface area contributed by atoms with Crippen LogP contribution in [0.15, 0.2) is 84.9 Å². The lowest BCUT2D eigenvalue weighted by molar-refractivity contribution is -0.116. The average Bonchev–Trinajstić information content (AvgIpc) is 2.88. The number of likely N-dealkylation sites (N-methyl/N-ethyl adjacent to an activating group) is 1. The van der Waals surface area contributed by atoms with Crippen molar-refractivity contribution in [2.24, 2.45) is 0 Å². The Hall–Kier alpha value is -4.23. The molecule has 0 atom stereocenters. The predicted molar refractivity (Wildman–Crippen MR) is 140 cm³/mol. The van der Waals surface area contributed by atoms with E-state index >= 15 is 0 Å². The van der Waals surface area contributed by atoms with E-state index in [1.54, 1.807) is 25.3 Å². The molecule has 3 rings (SSSR count). The fourth-order valence-electron chi connectivity index (χ4n) is 3.69. The second-order valence-electron chi connectivity index (χ2n) is 7.68. The number of rotatable bonds is 10. The molecule has 6 nitrogen and oxygen atoms in total. The van der Waals surface area contributed by atoms with Gasteiger partial charge in [-0.2, -0.15) is 9.87 Å². The van der Waals surface area contributed by atoms with Crippen LogP contribution in [0.25, 0.3) is 11.1 Å². The highest BCUT2D eigenvalue weighted by atomic mass is 19.1. The fraction of sp³-hybridized carbons (Fsp3) is 0.143. The summed E-state index contributed by atoms with van der Waals surface area (Å²) in [6, 6.07) is 22.6. The molecule has 0 radical (unpaired) electrons. The zero-order valence-electron chi connectivity index (χ0n) is 19.8. The minimum atomic E-state index is -1.07. The van der Waals surface area contributed by atoms with Crippen LogP contribution in [-0.4, -0.2) is 25.5 Å². The minimum Gasteiger partial charge on any atom is -0.408 e. The number of nitrogens with one attached hydrogen (secondary N) is 3. The van der Waals surface area contributed by atoms with Crippen LogP contribution in [0.3, 0.4) is 0 Å². The highest BCUT2D eigenvalue weighted by Gasteiger charge is 2.16. The van der Waals surface area contributed by atoms with E-state index in [9.17, 15) is 9.18 Å². The standard InChI is InChI=1S/C28H29FN4O2/c1-3-23(19-8-5-4-6-9-19)27(21-13-16-25(30)24(18-21)28(29)31)20-11-14-22(15-12-20)35-33-17-7-10-26(34)32-2/h4-16,18,31,33H,3,17,30H2,1-2H3,(H,32,34)/b10-7+,27-23+,31-28?. The quantitative estimate of drug-likeness (QED) is 0.0822. The van der Waals surface area contributed by atoms with Crippen molar-refractivity contribution < 1.29 is 14.0 Å². The summed E-state index contributed by atoms with van der Waals surface area (Å²) in [6.45, 7) is 2.43. The second kappa shape index (κ2) is 12.3. The Balaban J connectivity index is 1.97. The monoisotopic (exact) mass is 472 g/mol. The third-order valence-electron chi connectivity index (χ3n) is 5.41. The molecular formula is C28H29FN4O2. The molecule has 3 aromatic rings. The molecule has 0 saturated heterocycles. The molecule has 0 aromatic heterocycles. The van der Waals surface area contributed by atoms with Gasteiger partial charge in [-0.25, -0.2) is 0 Å². The zero-order chi connectivity index (χ0) is 25.2. The van der Waals surface area contributed by atoms with Gasteiger partial charge >= 0.3 is 0 Å². The van der Waals surface area contributed by atoms with Crippen LogP contribution in [-0.2, 0) is 4.79 Å². The maximum atomic E-state index is 13.9. The number of amides is 1. The maximum Gasteiger partial charge on any atom is 0.243 e.